The van der Waals surface area contributed by atoms with Gasteiger partial charge in [-0.1, -0.05) is 44.5 Å². The van der Waals surface area contributed by atoms with Crippen LogP contribution in [0.3, 0.4) is 0 Å². The monoisotopic (exact) mass is 446 g/mol. The highest BCUT2D eigenvalue weighted by molar-refractivity contribution is 6.62. The van der Waals surface area contributed by atoms with Crippen LogP contribution in [0.4, 0.5) is 0 Å². The van der Waals surface area contributed by atoms with Crippen LogP contribution >= 0.6 is 0 Å². The number of aliphatic hydroxyl groups is 1. The van der Waals surface area contributed by atoms with Gasteiger partial charge in [0, 0.05) is 6.61 Å². The van der Waals surface area contributed by atoms with Crippen LogP contribution in [0.5, 0.6) is 0 Å². The van der Waals surface area contributed by atoms with E-state index in [0.29, 0.717) is 6.42 Å². The quantitative estimate of drug-likeness (QED) is 0.460. The second-order valence-electron chi connectivity index (χ2n) is 12.2. The van der Waals surface area contributed by atoms with E-state index in [1.807, 2.05) is 93.5 Å². The maximum absolute atomic E-state index is 13.4. The zero-order chi connectivity index (χ0) is 24.6. The molecular formula is C26H43BO5. The van der Waals surface area contributed by atoms with Crippen LogP contribution in [-0.2, 0) is 24.3 Å². The van der Waals surface area contributed by atoms with Crippen LogP contribution in [0.25, 0.3) is 0 Å². The number of aliphatic hydroxyl groups excluding tert-OH is 1. The summed E-state index contributed by atoms with van der Waals surface area (Å²) in [6.07, 6.45) is 2.24. The third-order valence-electron chi connectivity index (χ3n) is 6.86. The zero-order valence-electron chi connectivity index (χ0n) is 21.8. The van der Waals surface area contributed by atoms with E-state index in [2.05, 4.69) is 0 Å². The Hall–Kier alpha value is -1.37. The molecule has 1 atom stereocenters. The second-order valence-corrected chi connectivity index (χ2v) is 12.2. The molecule has 0 aromatic heterocycles. The minimum Gasteiger partial charge on any atom is -0.459 e. The molecule has 1 aromatic rings. The molecule has 1 aromatic carbocycles. The first-order valence-corrected chi connectivity index (χ1v) is 11.7. The number of rotatable bonds is 8. The van der Waals surface area contributed by atoms with Gasteiger partial charge in [-0.2, -0.15) is 0 Å². The summed E-state index contributed by atoms with van der Waals surface area (Å²) in [6.45, 7) is 19.9. The van der Waals surface area contributed by atoms with Crippen LogP contribution in [0.2, 0.25) is 0 Å². The van der Waals surface area contributed by atoms with Gasteiger partial charge in [-0.05, 0) is 84.7 Å². The highest BCUT2D eigenvalue weighted by atomic mass is 16.7. The van der Waals surface area contributed by atoms with E-state index in [1.54, 1.807) is 0 Å². The summed E-state index contributed by atoms with van der Waals surface area (Å²) in [6, 6.07) is 7.94. The van der Waals surface area contributed by atoms with Crippen molar-refractivity contribution in [1.82, 2.24) is 0 Å². The molecule has 1 unspecified atom stereocenters. The fourth-order valence-corrected chi connectivity index (χ4v) is 3.76. The van der Waals surface area contributed by atoms with Gasteiger partial charge >= 0.3 is 13.1 Å². The van der Waals surface area contributed by atoms with E-state index in [9.17, 15) is 9.90 Å². The Kier molecular flexibility index (Phi) is 7.66. The minimum atomic E-state index is -0.821. The van der Waals surface area contributed by atoms with Crippen LogP contribution in [0, 0.1) is 5.41 Å². The summed E-state index contributed by atoms with van der Waals surface area (Å²) < 4.78 is 18.3. The fourth-order valence-electron chi connectivity index (χ4n) is 3.76. The van der Waals surface area contributed by atoms with Gasteiger partial charge in [-0.15, -0.1) is 0 Å². The first-order valence-electron chi connectivity index (χ1n) is 11.7. The molecule has 1 fully saturated rings. The van der Waals surface area contributed by atoms with E-state index in [1.165, 1.54) is 0 Å². The van der Waals surface area contributed by atoms with Gasteiger partial charge in [0.2, 0.25) is 0 Å². The Bertz CT molecular complexity index is 793. The molecule has 1 heterocycles. The summed E-state index contributed by atoms with van der Waals surface area (Å²) in [5, 5.41) is 9.63. The number of carbonyl (C=O) groups excluding carboxylic acids is 1. The molecule has 0 spiro atoms. The van der Waals surface area contributed by atoms with Gasteiger partial charge in [-0.25, -0.2) is 0 Å². The van der Waals surface area contributed by atoms with Crippen molar-refractivity contribution in [3.63, 3.8) is 0 Å². The summed E-state index contributed by atoms with van der Waals surface area (Å²) in [5.74, 6) is -0.238. The topological polar surface area (TPSA) is 65.0 Å². The van der Waals surface area contributed by atoms with Crippen LogP contribution in [-0.4, -0.2) is 41.6 Å². The average Bonchev–Trinajstić information content (AvgIpc) is 2.87. The SMILES string of the molecule is CC(C)(CO)CCCC(C)(C(=O)OC(C)(C)C)c1cccc(B2OC(C)(C)C(C)(C)O2)c1. The third-order valence-corrected chi connectivity index (χ3v) is 6.86. The average molecular weight is 446 g/mol. The number of carbonyl (C=O) groups is 1. The molecule has 32 heavy (non-hydrogen) atoms. The van der Waals surface area contributed by atoms with Crippen molar-refractivity contribution >= 4 is 18.6 Å². The molecule has 0 aliphatic carbocycles. The highest BCUT2D eigenvalue weighted by Gasteiger charge is 2.52. The summed E-state index contributed by atoms with van der Waals surface area (Å²) >= 11 is 0. The lowest BCUT2D eigenvalue weighted by Gasteiger charge is -2.33. The number of ether oxygens (including phenoxy) is 1. The molecule has 1 saturated heterocycles. The Morgan fingerprint density at radius 3 is 2.06 bits per heavy atom. The summed E-state index contributed by atoms with van der Waals surface area (Å²) in [5.41, 5.74) is -0.660. The van der Waals surface area contributed by atoms with E-state index < -0.39 is 29.3 Å². The fraction of sp³-hybridized carbons (Fsp3) is 0.731. The van der Waals surface area contributed by atoms with Crippen molar-refractivity contribution in [3.8, 4) is 0 Å². The van der Waals surface area contributed by atoms with Crippen molar-refractivity contribution < 1.29 is 23.9 Å². The maximum Gasteiger partial charge on any atom is 0.494 e. The smallest absolute Gasteiger partial charge is 0.459 e. The van der Waals surface area contributed by atoms with Crippen molar-refractivity contribution in [3.05, 3.63) is 29.8 Å². The molecule has 0 bridgehead atoms. The lowest BCUT2D eigenvalue weighted by atomic mass is 9.72. The van der Waals surface area contributed by atoms with Crippen molar-refractivity contribution in [1.29, 1.82) is 0 Å². The first-order chi connectivity index (χ1) is 14.4. The predicted molar refractivity (Wildman–Crippen MR) is 130 cm³/mol. The van der Waals surface area contributed by atoms with Gasteiger partial charge in [0.05, 0.1) is 16.6 Å². The lowest BCUT2D eigenvalue weighted by molar-refractivity contribution is -0.162. The van der Waals surface area contributed by atoms with Gasteiger partial charge in [-0.3, -0.25) is 4.79 Å². The number of esters is 1. The molecule has 2 rings (SSSR count). The number of hydrogen-bond donors (Lipinski definition) is 1. The van der Waals surface area contributed by atoms with Gasteiger partial charge in [0.1, 0.15) is 5.60 Å². The van der Waals surface area contributed by atoms with Crippen LogP contribution < -0.4 is 5.46 Å². The molecule has 6 heteroatoms. The Morgan fingerprint density at radius 2 is 1.56 bits per heavy atom. The molecule has 5 nitrogen and oxygen atoms in total. The van der Waals surface area contributed by atoms with Crippen LogP contribution in [0.1, 0.15) is 94.1 Å². The first kappa shape index (κ1) is 26.9. The Morgan fingerprint density at radius 1 is 1.00 bits per heavy atom. The maximum atomic E-state index is 13.4. The molecule has 0 radical (unpaired) electrons. The zero-order valence-corrected chi connectivity index (χ0v) is 21.8. The molecular weight excluding hydrogens is 403 g/mol. The normalized spacial score (nSPS) is 20.2. The Balaban J connectivity index is 2.37. The Labute approximate surface area is 195 Å². The molecule has 0 amide bonds. The van der Waals surface area contributed by atoms with Crippen molar-refractivity contribution in [2.45, 2.75) is 111 Å². The largest absolute Gasteiger partial charge is 0.494 e. The highest BCUT2D eigenvalue weighted by Crippen LogP contribution is 2.38. The summed E-state index contributed by atoms with van der Waals surface area (Å²) in [4.78, 5) is 13.4. The number of benzene rings is 1. The van der Waals surface area contributed by atoms with Crippen LogP contribution in [0.15, 0.2) is 24.3 Å². The van der Waals surface area contributed by atoms with E-state index in [-0.39, 0.29) is 18.0 Å². The molecule has 180 valence electrons. The molecule has 0 saturated carbocycles. The summed E-state index contributed by atoms with van der Waals surface area (Å²) in [7, 11) is -0.490. The number of hydrogen-bond acceptors (Lipinski definition) is 5. The molecule has 1 N–H and O–H groups in total. The van der Waals surface area contributed by atoms with Gasteiger partial charge in [0.25, 0.3) is 0 Å². The van der Waals surface area contributed by atoms with Gasteiger partial charge in [0.15, 0.2) is 0 Å². The molecule has 1 aliphatic rings. The third kappa shape index (κ3) is 6.15. The van der Waals surface area contributed by atoms with Crippen molar-refractivity contribution in [2.75, 3.05) is 6.61 Å². The minimum absolute atomic E-state index is 0.119. The van der Waals surface area contributed by atoms with Gasteiger partial charge < -0.3 is 19.2 Å². The standard InChI is InChI=1S/C26H43BO5/c1-22(2,3)30-21(29)26(10,16-12-15-23(4,5)18-28)19-13-11-14-20(17-19)27-31-24(6,7)25(8,9)32-27/h11,13-14,17,28H,12,15-16,18H2,1-10H3. The lowest BCUT2D eigenvalue weighted by Crippen LogP contribution is -2.41. The predicted octanol–water partition coefficient (Wildman–Crippen LogP) is 4.77. The van der Waals surface area contributed by atoms with E-state index in [4.69, 9.17) is 14.0 Å². The van der Waals surface area contributed by atoms with Crippen molar-refractivity contribution in [2.24, 2.45) is 5.41 Å². The molecule has 1 aliphatic heterocycles. The van der Waals surface area contributed by atoms with E-state index in [0.717, 1.165) is 23.9 Å². The van der Waals surface area contributed by atoms with E-state index >= 15 is 0 Å². The second kappa shape index (κ2) is 9.11.